The molecular weight excluding hydrogens is 493 g/mol. The third-order valence-corrected chi connectivity index (χ3v) is 8.43. The molecule has 0 aromatic heterocycles. The molecule has 1 aliphatic heterocycles. The first-order chi connectivity index (χ1) is 17.6. The summed E-state index contributed by atoms with van der Waals surface area (Å²) in [5.74, 6) is -0.339. The lowest BCUT2D eigenvalue weighted by Crippen LogP contribution is -2.51. The predicted octanol–water partition coefficient (Wildman–Crippen LogP) is 4.29. The Kier molecular flexibility index (Phi) is 10.2. The number of hydrogen-bond acceptors (Lipinski definition) is 4. The third-order valence-electron chi connectivity index (χ3n) is 6.57. The van der Waals surface area contributed by atoms with Gasteiger partial charge in [-0.15, -0.1) is 0 Å². The first-order valence-corrected chi connectivity index (χ1v) is 14.4. The fourth-order valence-corrected chi connectivity index (χ4v) is 6.18. The van der Waals surface area contributed by atoms with Crippen LogP contribution in [-0.4, -0.2) is 66.6 Å². The summed E-state index contributed by atoms with van der Waals surface area (Å²) < 4.78 is 41.8. The zero-order valence-corrected chi connectivity index (χ0v) is 22.8. The Labute approximate surface area is 220 Å². The van der Waals surface area contributed by atoms with Crippen LogP contribution >= 0.6 is 0 Å². The molecule has 1 saturated heterocycles. The Morgan fingerprint density at radius 1 is 1.05 bits per heavy atom. The monoisotopic (exact) mass is 531 g/mol. The minimum absolute atomic E-state index is 0.111. The maximum absolute atomic E-state index is 13.9. The van der Waals surface area contributed by atoms with Gasteiger partial charge in [-0.3, -0.25) is 9.59 Å². The molecule has 2 aromatic carbocycles. The molecule has 1 heterocycles. The molecule has 0 spiro atoms. The lowest BCUT2D eigenvalue weighted by Gasteiger charge is -2.39. The molecule has 0 N–H and O–H groups in total. The topological polar surface area (TPSA) is 78.0 Å². The molecule has 0 unspecified atom stereocenters. The molecule has 0 bridgehead atoms. The number of rotatable bonds is 11. The van der Waals surface area contributed by atoms with Crippen LogP contribution in [0, 0.1) is 11.7 Å². The van der Waals surface area contributed by atoms with E-state index in [1.54, 1.807) is 35.2 Å². The van der Waals surface area contributed by atoms with Crippen LogP contribution in [-0.2, 0) is 26.2 Å². The minimum Gasteiger partial charge on any atom is -0.343 e. The maximum atomic E-state index is 13.9. The largest absolute Gasteiger partial charge is 0.343 e. The highest BCUT2D eigenvalue weighted by Gasteiger charge is 2.33. The average molecular weight is 532 g/mol. The zero-order valence-electron chi connectivity index (χ0n) is 22.0. The normalized spacial score (nSPS) is 14.8. The van der Waals surface area contributed by atoms with E-state index in [1.807, 2.05) is 25.7 Å². The van der Waals surface area contributed by atoms with E-state index in [4.69, 9.17) is 0 Å². The molecule has 0 radical (unpaired) electrons. The number of benzene rings is 2. The van der Waals surface area contributed by atoms with Crippen LogP contribution in [0.2, 0.25) is 0 Å². The van der Waals surface area contributed by atoms with Gasteiger partial charge in [-0.2, -0.15) is 4.31 Å². The second-order valence-corrected chi connectivity index (χ2v) is 12.0. The van der Waals surface area contributed by atoms with Gasteiger partial charge in [0.05, 0.1) is 11.4 Å². The van der Waals surface area contributed by atoms with Crippen LogP contribution in [0.3, 0.4) is 0 Å². The van der Waals surface area contributed by atoms with Crippen molar-refractivity contribution in [2.75, 3.05) is 26.2 Å². The molecule has 3 rings (SSSR count). The highest BCUT2D eigenvalue weighted by molar-refractivity contribution is 7.89. The van der Waals surface area contributed by atoms with Crippen molar-refractivity contribution >= 4 is 21.8 Å². The minimum atomic E-state index is -3.86. The predicted molar refractivity (Wildman–Crippen MR) is 141 cm³/mol. The van der Waals surface area contributed by atoms with Crippen molar-refractivity contribution in [2.45, 2.75) is 63.9 Å². The van der Waals surface area contributed by atoms with Gasteiger partial charge in [0.1, 0.15) is 5.82 Å². The van der Waals surface area contributed by atoms with Gasteiger partial charge in [0.25, 0.3) is 0 Å². The summed E-state index contributed by atoms with van der Waals surface area (Å²) in [6, 6.07) is 14.0. The van der Waals surface area contributed by atoms with E-state index >= 15 is 0 Å². The molecule has 2 aromatic rings. The molecule has 0 aliphatic carbocycles. The Balaban J connectivity index is 1.81. The molecule has 0 saturated carbocycles. The summed E-state index contributed by atoms with van der Waals surface area (Å²) in [4.78, 5) is 29.9. The number of sulfonamides is 1. The molecule has 0 atom stereocenters. The van der Waals surface area contributed by atoms with Crippen molar-refractivity contribution in [2.24, 2.45) is 5.92 Å². The van der Waals surface area contributed by atoms with Crippen molar-refractivity contribution in [3.8, 4) is 0 Å². The molecule has 2 amide bonds. The molecular formula is C28H38FN3O4S. The van der Waals surface area contributed by atoms with Crippen LogP contribution in [0.5, 0.6) is 0 Å². The third kappa shape index (κ3) is 7.85. The van der Waals surface area contributed by atoms with Crippen molar-refractivity contribution in [1.82, 2.24) is 14.1 Å². The van der Waals surface area contributed by atoms with Crippen molar-refractivity contribution in [3.63, 3.8) is 0 Å². The highest BCUT2D eigenvalue weighted by Crippen LogP contribution is 2.23. The van der Waals surface area contributed by atoms with Gasteiger partial charge >= 0.3 is 0 Å². The van der Waals surface area contributed by atoms with E-state index in [-0.39, 0.29) is 48.3 Å². The highest BCUT2D eigenvalue weighted by atomic mass is 32.2. The van der Waals surface area contributed by atoms with Crippen molar-refractivity contribution in [3.05, 3.63) is 66.0 Å². The number of halogens is 1. The maximum Gasteiger partial charge on any atom is 0.243 e. The second-order valence-electron chi connectivity index (χ2n) is 10.0. The van der Waals surface area contributed by atoms with Gasteiger partial charge in [0, 0.05) is 38.6 Å². The number of piperidine rings is 1. The SMILES string of the molecule is CCCN(CC(=O)N(Cc1cccc(F)c1)C1CCN(C(=O)CC(C)C)CC1)S(=O)(=O)c1ccccc1. The van der Waals surface area contributed by atoms with Gasteiger partial charge in [-0.1, -0.05) is 51.1 Å². The molecule has 1 fully saturated rings. The van der Waals surface area contributed by atoms with E-state index in [0.29, 0.717) is 44.3 Å². The average Bonchev–Trinajstić information content (AvgIpc) is 2.87. The molecule has 7 nitrogen and oxygen atoms in total. The number of amides is 2. The van der Waals surface area contributed by atoms with Crippen LogP contribution in [0.15, 0.2) is 59.5 Å². The Morgan fingerprint density at radius 2 is 1.73 bits per heavy atom. The van der Waals surface area contributed by atoms with E-state index < -0.39 is 15.8 Å². The zero-order chi connectivity index (χ0) is 27.0. The molecule has 202 valence electrons. The summed E-state index contributed by atoms with van der Waals surface area (Å²) in [7, 11) is -3.86. The Morgan fingerprint density at radius 3 is 2.32 bits per heavy atom. The molecule has 9 heteroatoms. The van der Waals surface area contributed by atoms with E-state index in [1.165, 1.54) is 28.6 Å². The summed E-state index contributed by atoms with van der Waals surface area (Å²) in [6.45, 7) is 7.03. The van der Waals surface area contributed by atoms with Crippen LogP contribution < -0.4 is 0 Å². The smallest absolute Gasteiger partial charge is 0.243 e. The first kappa shape index (κ1) is 28.8. The second kappa shape index (κ2) is 13.1. The van der Waals surface area contributed by atoms with Gasteiger partial charge in [-0.05, 0) is 55.0 Å². The fourth-order valence-electron chi connectivity index (χ4n) is 4.68. The van der Waals surface area contributed by atoms with Crippen LogP contribution in [0.4, 0.5) is 4.39 Å². The number of hydrogen-bond donors (Lipinski definition) is 0. The number of likely N-dealkylation sites (tertiary alicyclic amines) is 1. The van der Waals surface area contributed by atoms with Crippen LogP contribution in [0.1, 0.15) is 52.0 Å². The molecule has 37 heavy (non-hydrogen) atoms. The first-order valence-electron chi connectivity index (χ1n) is 13.0. The van der Waals surface area contributed by atoms with E-state index in [2.05, 4.69) is 0 Å². The summed E-state index contributed by atoms with van der Waals surface area (Å²) in [5, 5.41) is 0. The van der Waals surface area contributed by atoms with Crippen LogP contribution in [0.25, 0.3) is 0 Å². The Hall–Kier alpha value is -2.78. The fraction of sp³-hybridized carbons (Fsp3) is 0.500. The lowest BCUT2D eigenvalue weighted by atomic mass is 10.0. The number of carbonyl (C=O) groups is 2. The number of carbonyl (C=O) groups excluding carboxylic acids is 2. The quantitative estimate of drug-likeness (QED) is 0.433. The van der Waals surface area contributed by atoms with Crippen molar-refractivity contribution < 1.29 is 22.4 Å². The lowest BCUT2D eigenvalue weighted by molar-refractivity contribution is -0.137. The summed E-state index contributed by atoms with van der Waals surface area (Å²) in [6.07, 6.45) is 2.22. The van der Waals surface area contributed by atoms with E-state index in [9.17, 15) is 22.4 Å². The summed E-state index contributed by atoms with van der Waals surface area (Å²) in [5.41, 5.74) is 0.639. The van der Waals surface area contributed by atoms with Gasteiger partial charge in [-0.25, -0.2) is 12.8 Å². The van der Waals surface area contributed by atoms with Crippen molar-refractivity contribution in [1.29, 1.82) is 0 Å². The van der Waals surface area contributed by atoms with Gasteiger partial charge in [0.2, 0.25) is 21.8 Å². The summed E-state index contributed by atoms with van der Waals surface area (Å²) >= 11 is 0. The van der Waals surface area contributed by atoms with Gasteiger partial charge in [0.15, 0.2) is 0 Å². The van der Waals surface area contributed by atoms with E-state index in [0.717, 1.165) is 0 Å². The van der Waals surface area contributed by atoms with Gasteiger partial charge < -0.3 is 9.80 Å². The molecule has 1 aliphatic rings. The number of nitrogens with zero attached hydrogens (tertiary/aromatic N) is 3. The Bertz CT molecular complexity index is 1150. The standard InChI is InChI=1S/C28H38FN3O4S/c1-4-15-31(37(35,36)26-11-6-5-7-12-26)21-28(34)32(20-23-9-8-10-24(29)19-23)25-13-16-30(17-14-25)27(33)18-22(2)3/h5-12,19,22,25H,4,13-18,20-21H2,1-3H3.